The van der Waals surface area contributed by atoms with E-state index in [0.717, 1.165) is 11.3 Å². The van der Waals surface area contributed by atoms with Crippen LogP contribution in [0, 0.1) is 6.92 Å². The van der Waals surface area contributed by atoms with Crippen molar-refractivity contribution in [3.8, 4) is 0 Å². The summed E-state index contributed by atoms with van der Waals surface area (Å²) in [5.74, 6) is -0.192. The predicted molar refractivity (Wildman–Crippen MR) is 70.4 cm³/mol. The van der Waals surface area contributed by atoms with E-state index in [1.54, 1.807) is 0 Å². The number of benzene rings is 1. The maximum absolute atomic E-state index is 11.0. The topological polar surface area (TPSA) is 50.7 Å². The second-order valence-electron chi connectivity index (χ2n) is 4.28. The normalized spacial score (nSPS) is 17.8. The van der Waals surface area contributed by atoms with Crippen LogP contribution >= 0.6 is 0 Å². The van der Waals surface area contributed by atoms with E-state index in [4.69, 9.17) is 4.84 Å². The lowest BCUT2D eigenvalue weighted by Crippen LogP contribution is -2.30. The molecular formula is C14H16N2O2. The standard InChI is InChI=1S/C14H16N2O2/c1-3-14(17)15-9-12-8-13(16-18-12)11-6-4-10(2)5-7-11/h3-7,12H,1,8-9H2,2H3,(H,15,17). The molecule has 4 heteroatoms. The Kier molecular flexibility index (Phi) is 3.77. The molecule has 1 atom stereocenters. The molecule has 0 radical (unpaired) electrons. The number of amides is 1. The highest BCUT2D eigenvalue weighted by Crippen LogP contribution is 2.16. The molecule has 1 amide bonds. The van der Waals surface area contributed by atoms with Crippen LogP contribution in [0.4, 0.5) is 0 Å². The van der Waals surface area contributed by atoms with Crippen LogP contribution in [0.5, 0.6) is 0 Å². The number of rotatable bonds is 4. The molecule has 0 spiro atoms. The fraction of sp³-hybridized carbons (Fsp3) is 0.286. The quantitative estimate of drug-likeness (QED) is 0.821. The summed E-state index contributed by atoms with van der Waals surface area (Å²) in [4.78, 5) is 16.3. The molecule has 0 saturated carbocycles. The van der Waals surface area contributed by atoms with Gasteiger partial charge in [-0.2, -0.15) is 0 Å². The van der Waals surface area contributed by atoms with E-state index in [2.05, 4.69) is 17.1 Å². The third-order valence-corrected chi connectivity index (χ3v) is 2.81. The number of oxime groups is 1. The first kappa shape index (κ1) is 12.4. The highest BCUT2D eigenvalue weighted by atomic mass is 16.6. The number of hydrogen-bond donors (Lipinski definition) is 1. The van der Waals surface area contributed by atoms with Crippen LogP contribution in [-0.2, 0) is 9.63 Å². The second-order valence-corrected chi connectivity index (χ2v) is 4.28. The molecule has 0 aromatic heterocycles. The average Bonchev–Trinajstić information content (AvgIpc) is 2.85. The predicted octanol–water partition coefficient (Wildman–Crippen LogP) is 1.79. The smallest absolute Gasteiger partial charge is 0.243 e. The van der Waals surface area contributed by atoms with Gasteiger partial charge in [0.1, 0.15) is 6.10 Å². The molecule has 1 unspecified atom stereocenters. The zero-order chi connectivity index (χ0) is 13.0. The molecule has 0 bridgehead atoms. The number of carbonyl (C=O) groups is 1. The van der Waals surface area contributed by atoms with Gasteiger partial charge in [-0.15, -0.1) is 0 Å². The van der Waals surface area contributed by atoms with Crippen molar-refractivity contribution < 1.29 is 9.63 Å². The van der Waals surface area contributed by atoms with Crippen LogP contribution in [0.25, 0.3) is 0 Å². The summed E-state index contributed by atoms with van der Waals surface area (Å²) in [5.41, 5.74) is 3.21. The summed E-state index contributed by atoms with van der Waals surface area (Å²) in [6.07, 6.45) is 1.86. The van der Waals surface area contributed by atoms with Crippen molar-refractivity contribution in [3.05, 3.63) is 48.0 Å². The van der Waals surface area contributed by atoms with Crippen LogP contribution in [0.2, 0.25) is 0 Å². The maximum atomic E-state index is 11.0. The van der Waals surface area contributed by atoms with Gasteiger partial charge in [0, 0.05) is 6.42 Å². The molecule has 94 valence electrons. The molecule has 1 aromatic carbocycles. The summed E-state index contributed by atoms with van der Waals surface area (Å²) < 4.78 is 0. The highest BCUT2D eigenvalue weighted by Gasteiger charge is 2.22. The van der Waals surface area contributed by atoms with Crippen molar-refractivity contribution in [1.29, 1.82) is 0 Å². The van der Waals surface area contributed by atoms with Gasteiger partial charge in [-0.3, -0.25) is 4.79 Å². The lowest BCUT2D eigenvalue weighted by Gasteiger charge is -2.07. The Morgan fingerprint density at radius 2 is 2.28 bits per heavy atom. The number of nitrogens with one attached hydrogen (secondary N) is 1. The van der Waals surface area contributed by atoms with Gasteiger partial charge in [-0.05, 0) is 18.6 Å². The molecular weight excluding hydrogens is 228 g/mol. The summed E-state index contributed by atoms with van der Waals surface area (Å²) in [7, 11) is 0. The van der Waals surface area contributed by atoms with Crippen LogP contribution in [-0.4, -0.2) is 24.3 Å². The first-order valence-corrected chi connectivity index (χ1v) is 5.89. The summed E-state index contributed by atoms with van der Waals surface area (Å²) in [6, 6.07) is 8.15. The zero-order valence-corrected chi connectivity index (χ0v) is 10.3. The number of nitrogens with zero attached hydrogens (tertiary/aromatic N) is 1. The molecule has 0 saturated heterocycles. The average molecular weight is 244 g/mol. The van der Waals surface area contributed by atoms with Gasteiger partial charge in [-0.25, -0.2) is 0 Å². The van der Waals surface area contributed by atoms with Gasteiger partial charge < -0.3 is 10.2 Å². The van der Waals surface area contributed by atoms with Crippen molar-refractivity contribution in [1.82, 2.24) is 5.32 Å². The van der Waals surface area contributed by atoms with Crippen LogP contribution in [0.1, 0.15) is 17.5 Å². The SMILES string of the molecule is C=CC(=O)NCC1CC(c2ccc(C)cc2)=NO1. The molecule has 2 rings (SSSR count). The number of aryl methyl sites for hydroxylation is 1. The van der Waals surface area contributed by atoms with Gasteiger partial charge in [0.15, 0.2) is 0 Å². The van der Waals surface area contributed by atoms with Crippen molar-refractivity contribution >= 4 is 11.6 Å². The van der Waals surface area contributed by atoms with Gasteiger partial charge in [0.05, 0.1) is 12.3 Å². The Morgan fingerprint density at radius 3 is 2.94 bits per heavy atom. The first-order valence-electron chi connectivity index (χ1n) is 5.89. The van der Waals surface area contributed by atoms with E-state index in [1.807, 2.05) is 31.2 Å². The van der Waals surface area contributed by atoms with Gasteiger partial charge in [0.25, 0.3) is 0 Å². The van der Waals surface area contributed by atoms with Crippen molar-refractivity contribution in [2.75, 3.05) is 6.54 Å². The van der Waals surface area contributed by atoms with E-state index >= 15 is 0 Å². The fourth-order valence-corrected chi connectivity index (χ4v) is 1.74. The minimum absolute atomic E-state index is 0.0924. The molecule has 4 nitrogen and oxygen atoms in total. The molecule has 0 aliphatic carbocycles. The molecule has 1 aliphatic heterocycles. The highest BCUT2D eigenvalue weighted by molar-refractivity contribution is 6.01. The molecule has 1 heterocycles. The lowest BCUT2D eigenvalue weighted by atomic mass is 10.0. The Bertz CT molecular complexity index is 477. The Labute approximate surface area is 106 Å². The molecule has 1 N–H and O–H groups in total. The van der Waals surface area contributed by atoms with E-state index in [1.165, 1.54) is 11.6 Å². The van der Waals surface area contributed by atoms with E-state index in [9.17, 15) is 4.79 Å². The van der Waals surface area contributed by atoms with E-state index in [0.29, 0.717) is 13.0 Å². The Hall–Kier alpha value is -2.10. The molecule has 1 aliphatic rings. The minimum atomic E-state index is -0.192. The fourth-order valence-electron chi connectivity index (χ4n) is 1.74. The Balaban J connectivity index is 1.89. The molecule has 0 fully saturated rings. The van der Waals surface area contributed by atoms with Crippen LogP contribution in [0.15, 0.2) is 42.1 Å². The largest absolute Gasteiger partial charge is 0.390 e. The van der Waals surface area contributed by atoms with Gasteiger partial charge >= 0.3 is 0 Å². The van der Waals surface area contributed by atoms with Crippen LogP contribution in [0.3, 0.4) is 0 Å². The van der Waals surface area contributed by atoms with E-state index in [-0.39, 0.29) is 12.0 Å². The third kappa shape index (κ3) is 2.97. The summed E-state index contributed by atoms with van der Waals surface area (Å²) in [5, 5.41) is 6.76. The first-order chi connectivity index (χ1) is 8.69. The van der Waals surface area contributed by atoms with Gasteiger partial charge in [-0.1, -0.05) is 41.6 Å². The second kappa shape index (κ2) is 5.49. The molecule has 18 heavy (non-hydrogen) atoms. The van der Waals surface area contributed by atoms with Gasteiger partial charge in [0.2, 0.25) is 5.91 Å². The van der Waals surface area contributed by atoms with Crippen molar-refractivity contribution in [2.24, 2.45) is 5.16 Å². The summed E-state index contributed by atoms with van der Waals surface area (Å²) >= 11 is 0. The van der Waals surface area contributed by atoms with E-state index < -0.39 is 0 Å². The summed E-state index contributed by atoms with van der Waals surface area (Å²) in [6.45, 7) is 5.89. The van der Waals surface area contributed by atoms with Crippen LogP contribution < -0.4 is 5.32 Å². The number of hydrogen-bond acceptors (Lipinski definition) is 3. The zero-order valence-electron chi connectivity index (χ0n) is 10.3. The molecule has 1 aromatic rings. The monoisotopic (exact) mass is 244 g/mol. The van der Waals surface area contributed by atoms with Crippen molar-refractivity contribution in [2.45, 2.75) is 19.4 Å². The van der Waals surface area contributed by atoms with Crippen molar-refractivity contribution in [3.63, 3.8) is 0 Å². The maximum Gasteiger partial charge on any atom is 0.243 e. The number of carbonyl (C=O) groups excluding carboxylic acids is 1. The lowest BCUT2D eigenvalue weighted by molar-refractivity contribution is -0.117. The minimum Gasteiger partial charge on any atom is -0.390 e. The third-order valence-electron chi connectivity index (χ3n) is 2.81. The Morgan fingerprint density at radius 1 is 1.56 bits per heavy atom.